The number of nitrogens with one attached hydrogen (secondary N) is 1. The third-order valence-corrected chi connectivity index (χ3v) is 3.79. The number of carboxylic acid groups (broad SMARTS) is 1. The molecule has 1 fully saturated rings. The second-order valence-electron chi connectivity index (χ2n) is 5.38. The Hall–Kier alpha value is -1.85. The molecule has 3 unspecified atom stereocenters. The summed E-state index contributed by atoms with van der Waals surface area (Å²) in [7, 11) is 0. The number of rotatable bonds is 4. The molecule has 6 nitrogen and oxygen atoms in total. The Morgan fingerprint density at radius 3 is 2.60 bits per heavy atom. The lowest BCUT2D eigenvalue weighted by atomic mass is 9.78. The normalized spacial score (nSPS) is 24.1. The molecule has 20 heavy (non-hydrogen) atoms. The van der Waals surface area contributed by atoms with E-state index in [0.29, 0.717) is 24.5 Å². The number of oxazole rings is 1. The van der Waals surface area contributed by atoms with E-state index in [4.69, 9.17) is 4.42 Å². The molecule has 1 aromatic rings. The Morgan fingerprint density at radius 1 is 1.40 bits per heavy atom. The Balaban J connectivity index is 2.01. The Morgan fingerprint density at radius 2 is 2.05 bits per heavy atom. The van der Waals surface area contributed by atoms with Crippen LogP contribution in [0.15, 0.2) is 10.6 Å². The largest absolute Gasteiger partial charge is 0.481 e. The molecule has 1 heterocycles. The van der Waals surface area contributed by atoms with Crippen molar-refractivity contribution in [1.29, 1.82) is 0 Å². The minimum absolute atomic E-state index is 0.222. The molecule has 1 aliphatic rings. The molecule has 6 heteroatoms. The highest BCUT2D eigenvalue weighted by Crippen LogP contribution is 2.31. The van der Waals surface area contributed by atoms with Gasteiger partial charge in [-0.25, -0.2) is 4.98 Å². The molecule has 2 N–H and O–H groups in total. The molecule has 0 spiro atoms. The number of hydrogen-bond acceptors (Lipinski definition) is 4. The standard InChI is InChI=1S/C14H20N2O4/c1-8-7-15-13(20-8)9(2)16-12(17)10-5-3-4-6-11(10)14(18)19/h7,9-11H,3-6H2,1-2H3,(H,16,17)(H,18,19). The van der Waals surface area contributed by atoms with Crippen LogP contribution in [0.2, 0.25) is 0 Å². The van der Waals surface area contributed by atoms with Crippen molar-refractivity contribution in [2.75, 3.05) is 0 Å². The van der Waals surface area contributed by atoms with Gasteiger partial charge in [-0.3, -0.25) is 9.59 Å². The average Bonchev–Trinajstić information content (AvgIpc) is 2.85. The highest BCUT2D eigenvalue weighted by atomic mass is 16.4. The van der Waals surface area contributed by atoms with Crippen molar-refractivity contribution < 1.29 is 19.1 Å². The molecule has 110 valence electrons. The van der Waals surface area contributed by atoms with Gasteiger partial charge in [0.15, 0.2) is 0 Å². The van der Waals surface area contributed by atoms with Crippen LogP contribution in [0.5, 0.6) is 0 Å². The van der Waals surface area contributed by atoms with Crippen LogP contribution in [0.4, 0.5) is 0 Å². The molecule has 0 saturated heterocycles. The maximum atomic E-state index is 12.3. The van der Waals surface area contributed by atoms with Crippen LogP contribution in [-0.2, 0) is 9.59 Å². The van der Waals surface area contributed by atoms with Gasteiger partial charge >= 0.3 is 5.97 Å². The minimum atomic E-state index is -0.885. The highest BCUT2D eigenvalue weighted by molar-refractivity contribution is 5.85. The molecule has 0 bridgehead atoms. The molecule has 3 atom stereocenters. The second-order valence-corrected chi connectivity index (χ2v) is 5.38. The van der Waals surface area contributed by atoms with Gasteiger partial charge in [0, 0.05) is 0 Å². The maximum Gasteiger partial charge on any atom is 0.307 e. The number of amides is 1. The van der Waals surface area contributed by atoms with E-state index in [1.54, 1.807) is 20.0 Å². The van der Waals surface area contributed by atoms with E-state index >= 15 is 0 Å². The summed E-state index contributed by atoms with van der Waals surface area (Å²) < 4.78 is 5.37. The topological polar surface area (TPSA) is 92.4 Å². The van der Waals surface area contributed by atoms with Gasteiger partial charge in [0.1, 0.15) is 11.8 Å². The van der Waals surface area contributed by atoms with Gasteiger partial charge in [0.05, 0.1) is 18.0 Å². The van der Waals surface area contributed by atoms with Crippen molar-refractivity contribution in [2.45, 2.75) is 45.6 Å². The van der Waals surface area contributed by atoms with E-state index in [2.05, 4.69) is 10.3 Å². The number of nitrogens with zero attached hydrogens (tertiary/aromatic N) is 1. The predicted molar refractivity (Wildman–Crippen MR) is 70.9 cm³/mol. The van der Waals surface area contributed by atoms with Gasteiger partial charge < -0.3 is 14.8 Å². The van der Waals surface area contributed by atoms with Crippen LogP contribution >= 0.6 is 0 Å². The molecule has 1 amide bonds. The number of carboxylic acids is 1. The zero-order chi connectivity index (χ0) is 14.7. The van der Waals surface area contributed by atoms with Gasteiger partial charge in [-0.2, -0.15) is 0 Å². The maximum absolute atomic E-state index is 12.3. The van der Waals surface area contributed by atoms with Crippen LogP contribution in [0.3, 0.4) is 0 Å². The first kappa shape index (κ1) is 14.6. The Bertz CT molecular complexity index is 497. The average molecular weight is 280 g/mol. The number of aromatic nitrogens is 1. The Kier molecular flexibility index (Phi) is 4.42. The van der Waals surface area contributed by atoms with Crippen molar-refractivity contribution >= 4 is 11.9 Å². The van der Waals surface area contributed by atoms with Crippen LogP contribution < -0.4 is 5.32 Å². The van der Waals surface area contributed by atoms with Gasteiger partial charge in [-0.15, -0.1) is 0 Å². The van der Waals surface area contributed by atoms with Crippen LogP contribution in [-0.4, -0.2) is 22.0 Å². The summed E-state index contributed by atoms with van der Waals surface area (Å²) in [4.78, 5) is 27.5. The summed E-state index contributed by atoms with van der Waals surface area (Å²) in [5.74, 6) is -1.02. The lowest BCUT2D eigenvalue weighted by Crippen LogP contribution is -2.40. The molecule has 1 saturated carbocycles. The summed E-state index contributed by atoms with van der Waals surface area (Å²) in [6.07, 6.45) is 4.56. The summed E-state index contributed by atoms with van der Waals surface area (Å²) in [5.41, 5.74) is 0. The van der Waals surface area contributed by atoms with E-state index in [9.17, 15) is 14.7 Å². The van der Waals surface area contributed by atoms with E-state index in [-0.39, 0.29) is 11.9 Å². The number of aliphatic carboxylic acids is 1. The number of carbonyl (C=O) groups excluding carboxylic acids is 1. The zero-order valence-electron chi connectivity index (χ0n) is 11.8. The van der Waals surface area contributed by atoms with Crippen LogP contribution in [0.1, 0.15) is 50.3 Å². The van der Waals surface area contributed by atoms with Crippen molar-refractivity contribution in [1.82, 2.24) is 10.3 Å². The fourth-order valence-corrected chi connectivity index (χ4v) is 2.69. The summed E-state index contributed by atoms with van der Waals surface area (Å²) in [6.45, 7) is 3.56. The van der Waals surface area contributed by atoms with Gasteiger partial charge in [-0.05, 0) is 26.7 Å². The lowest BCUT2D eigenvalue weighted by Gasteiger charge is -2.28. The first-order valence-electron chi connectivity index (χ1n) is 6.94. The first-order chi connectivity index (χ1) is 9.49. The number of carbonyl (C=O) groups is 2. The molecular weight excluding hydrogens is 260 g/mol. The quantitative estimate of drug-likeness (QED) is 0.880. The zero-order valence-corrected chi connectivity index (χ0v) is 11.8. The molecular formula is C14H20N2O4. The first-order valence-corrected chi connectivity index (χ1v) is 6.94. The van der Waals surface area contributed by atoms with E-state index in [1.807, 2.05) is 0 Å². The predicted octanol–water partition coefficient (Wildman–Crippen LogP) is 2.05. The van der Waals surface area contributed by atoms with Crippen LogP contribution in [0.25, 0.3) is 0 Å². The van der Waals surface area contributed by atoms with Gasteiger partial charge in [0.25, 0.3) is 0 Å². The summed E-state index contributed by atoms with van der Waals surface area (Å²) >= 11 is 0. The second kappa shape index (κ2) is 6.07. The fourth-order valence-electron chi connectivity index (χ4n) is 2.69. The van der Waals surface area contributed by atoms with E-state index in [0.717, 1.165) is 12.8 Å². The molecule has 0 aromatic carbocycles. The summed E-state index contributed by atoms with van der Waals surface area (Å²) in [6, 6.07) is -0.354. The van der Waals surface area contributed by atoms with E-state index in [1.165, 1.54) is 0 Å². The monoisotopic (exact) mass is 280 g/mol. The molecule has 2 rings (SSSR count). The van der Waals surface area contributed by atoms with Crippen LogP contribution in [0, 0.1) is 18.8 Å². The van der Waals surface area contributed by atoms with Crippen molar-refractivity contribution in [3.8, 4) is 0 Å². The summed E-state index contributed by atoms with van der Waals surface area (Å²) in [5, 5.41) is 12.0. The van der Waals surface area contributed by atoms with Crippen molar-refractivity contribution in [2.24, 2.45) is 11.8 Å². The third-order valence-electron chi connectivity index (χ3n) is 3.79. The van der Waals surface area contributed by atoms with Crippen molar-refractivity contribution in [3.63, 3.8) is 0 Å². The fraction of sp³-hybridized carbons (Fsp3) is 0.643. The third kappa shape index (κ3) is 3.18. The highest BCUT2D eigenvalue weighted by Gasteiger charge is 2.36. The SMILES string of the molecule is Cc1cnc(C(C)NC(=O)C2CCCCC2C(=O)O)o1. The van der Waals surface area contributed by atoms with E-state index < -0.39 is 17.8 Å². The number of hydrogen-bond donors (Lipinski definition) is 2. The smallest absolute Gasteiger partial charge is 0.307 e. The van der Waals surface area contributed by atoms with Crippen molar-refractivity contribution in [3.05, 3.63) is 17.8 Å². The molecule has 0 aliphatic heterocycles. The number of aryl methyl sites for hydroxylation is 1. The molecule has 1 aliphatic carbocycles. The Labute approximate surface area is 117 Å². The minimum Gasteiger partial charge on any atom is -0.481 e. The molecule has 0 radical (unpaired) electrons. The van der Waals surface area contributed by atoms with Gasteiger partial charge in [-0.1, -0.05) is 12.8 Å². The molecule has 1 aromatic heterocycles. The lowest BCUT2D eigenvalue weighted by molar-refractivity contribution is -0.149. The van der Waals surface area contributed by atoms with Gasteiger partial charge in [0.2, 0.25) is 11.8 Å².